The maximum atomic E-state index is 13.3. The molecule has 1 N–H and O–H groups in total. The Morgan fingerprint density at radius 2 is 1.76 bits per heavy atom. The molecule has 0 radical (unpaired) electrons. The van der Waals surface area contributed by atoms with Crippen molar-refractivity contribution in [3.63, 3.8) is 0 Å². The van der Waals surface area contributed by atoms with Crippen LogP contribution in [0.4, 0.5) is 0 Å². The number of carbonyl (C=O) groups excluding carboxylic acids is 1. The van der Waals surface area contributed by atoms with Crippen LogP contribution in [0.15, 0.2) is 82.7 Å². The molecule has 0 saturated carbocycles. The highest BCUT2D eigenvalue weighted by molar-refractivity contribution is 7.99. The summed E-state index contributed by atoms with van der Waals surface area (Å²) >= 11 is 1.26. The molecule has 0 bridgehead atoms. The summed E-state index contributed by atoms with van der Waals surface area (Å²) in [4.78, 5) is 30.6. The first-order valence-corrected chi connectivity index (χ1v) is 12.2. The van der Waals surface area contributed by atoms with Crippen molar-refractivity contribution >= 4 is 28.6 Å². The number of para-hydroxylation sites is 2. The third-order valence-electron chi connectivity index (χ3n) is 5.59. The lowest BCUT2D eigenvalue weighted by Crippen LogP contribution is -2.28. The number of ether oxygens (including phenoxy) is 1. The molecule has 0 aliphatic heterocycles. The van der Waals surface area contributed by atoms with E-state index >= 15 is 0 Å². The Morgan fingerprint density at radius 3 is 2.53 bits per heavy atom. The number of aryl methyl sites for hydroxylation is 1. The van der Waals surface area contributed by atoms with Crippen LogP contribution < -0.4 is 15.6 Å². The standard InChI is InChI=1S/C27H27N3O3S/c1-3-19-12-14-21(15-13-19)30-26(32)22-9-5-6-10-23(22)29-27(30)34-18-25(31)28-17-16-20-8-4-7-11-24(20)33-2/h4-15H,3,16-18H2,1-2H3,(H,28,31). The van der Waals surface area contributed by atoms with Crippen molar-refractivity contribution in [1.82, 2.24) is 14.9 Å². The molecule has 7 heteroatoms. The largest absolute Gasteiger partial charge is 0.496 e. The fourth-order valence-corrected chi connectivity index (χ4v) is 4.59. The van der Waals surface area contributed by atoms with E-state index in [1.54, 1.807) is 17.7 Å². The van der Waals surface area contributed by atoms with E-state index in [1.807, 2.05) is 66.7 Å². The lowest BCUT2D eigenvalue weighted by atomic mass is 10.1. The predicted molar refractivity (Wildman–Crippen MR) is 137 cm³/mol. The van der Waals surface area contributed by atoms with Gasteiger partial charge in [-0.1, -0.05) is 61.2 Å². The van der Waals surface area contributed by atoms with Crippen LogP contribution in [0.5, 0.6) is 5.75 Å². The van der Waals surface area contributed by atoms with Gasteiger partial charge in [-0.2, -0.15) is 0 Å². The monoisotopic (exact) mass is 473 g/mol. The molecule has 0 fully saturated rings. The Kier molecular flexibility index (Phi) is 7.65. The molecule has 34 heavy (non-hydrogen) atoms. The number of hydrogen-bond acceptors (Lipinski definition) is 5. The number of thioether (sulfide) groups is 1. The summed E-state index contributed by atoms with van der Waals surface area (Å²) < 4.78 is 6.96. The first-order chi connectivity index (χ1) is 16.6. The van der Waals surface area contributed by atoms with Crippen LogP contribution in [0.1, 0.15) is 18.1 Å². The van der Waals surface area contributed by atoms with E-state index in [-0.39, 0.29) is 17.2 Å². The zero-order valence-corrected chi connectivity index (χ0v) is 20.1. The number of benzene rings is 3. The average molecular weight is 474 g/mol. The molecule has 174 valence electrons. The number of nitrogens with one attached hydrogen (secondary N) is 1. The summed E-state index contributed by atoms with van der Waals surface area (Å²) in [6, 6.07) is 22.9. The second-order valence-electron chi connectivity index (χ2n) is 7.77. The fraction of sp³-hybridized carbons (Fsp3) is 0.222. The highest BCUT2D eigenvalue weighted by Gasteiger charge is 2.15. The Labute approximate surface area is 203 Å². The molecule has 0 atom stereocenters. The number of nitrogens with zero attached hydrogens (tertiary/aromatic N) is 2. The van der Waals surface area contributed by atoms with Gasteiger partial charge in [0.25, 0.3) is 5.56 Å². The minimum Gasteiger partial charge on any atom is -0.496 e. The van der Waals surface area contributed by atoms with Gasteiger partial charge in [0.15, 0.2) is 5.16 Å². The van der Waals surface area contributed by atoms with Gasteiger partial charge in [0.05, 0.1) is 29.5 Å². The molecule has 3 aromatic carbocycles. The molecule has 0 aliphatic rings. The molecule has 6 nitrogen and oxygen atoms in total. The van der Waals surface area contributed by atoms with Crippen molar-refractivity contribution in [2.24, 2.45) is 0 Å². The minimum absolute atomic E-state index is 0.116. The van der Waals surface area contributed by atoms with E-state index in [0.717, 1.165) is 23.4 Å². The summed E-state index contributed by atoms with van der Waals surface area (Å²) in [6.07, 6.45) is 1.59. The second kappa shape index (κ2) is 11.0. The third-order valence-corrected chi connectivity index (χ3v) is 6.53. The molecule has 4 rings (SSSR count). The zero-order valence-electron chi connectivity index (χ0n) is 19.3. The van der Waals surface area contributed by atoms with Gasteiger partial charge in [-0.15, -0.1) is 0 Å². The molecule has 1 heterocycles. The Bertz CT molecular complexity index is 1350. The first kappa shape index (κ1) is 23.6. The third kappa shape index (κ3) is 5.31. The van der Waals surface area contributed by atoms with Crippen LogP contribution in [0, 0.1) is 0 Å². The summed E-state index contributed by atoms with van der Waals surface area (Å²) in [7, 11) is 1.64. The Hall–Kier alpha value is -3.58. The molecule has 0 saturated heterocycles. The van der Waals surface area contributed by atoms with Gasteiger partial charge in [-0.05, 0) is 54.3 Å². The van der Waals surface area contributed by atoms with Gasteiger partial charge in [-0.25, -0.2) is 4.98 Å². The van der Waals surface area contributed by atoms with Crippen LogP contribution in [-0.4, -0.2) is 34.9 Å². The van der Waals surface area contributed by atoms with Crippen molar-refractivity contribution in [2.75, 3.05) is 19.4 Å². The summed E-state index contributed by atoms with van der Waals surface area (Å²) in [5.74, 6) is 0.851. The number of methoxy groups -OCH3 is 1. The van der Waals surface area contributed by atoms with Crippen molar-refractivity contribution < 1.29 is 9.53 Å². The maximum absolute atomic E-state index is 13.3. The molecule has 4 aromatic rings. The number of hydrogen-bond donors (Lipinski definition) is 1. The minimum atomic E-state index is -0.145. The van der Waals surface area contributed by atoms with Crippen LogP contribution in [0.3, 0.4) is 0 Å². The number of rotatable bonds is 9. The lowest BCUT2D eigenvalue weighted by molar-refractivity contribution is -0.118. The second-order valence-corrected chi connectivity index (χ2v) is 8.72. The van der Waals surface area contributed by atoms with Gasteiger partial charge < -0.3 is 10.1 Å². The summed E-state index contributed by atoms with van der Waals surface area (Å²) in [6.45, 7) is 2.59. The zero-order chi connectivity index (χ0) is 23.9. The van der Waals surface area contributed by atoms with Crippen molar-refractivity contribution in [1.29, 1.82) is 0 Å². The molecule has 0 unspecified atom stereocenters. The topological polar surface area (TPSA) is 73.2 Å². The van der Waals surface area contributed by atoms with E-state index in [4.69, 9.17) is 9.72 Å². The Balaban J connectivity index is 1.51. The van der Waals surface area contributed by atoms with Crippen molar-refractivity contribution in [3.05, 3.63) is 94.3 Å². The SMILES string of the molecule is CCc1ccc(-n2c(SCC(=O)NCCc3ccccc3OC)nc3ccccc3c2=O)cc1. The molecule has 0 aliphatic carbocycles. The summed E-state index contributed by atoms with van der Waals surface area (Å²) in [5, 5.41) is 3.99. The lowest BCUT2D eigenvalue weighted by Gasteiger charge is -2.14. The van der Waals surface area contributed by atoms with Gasteiger partial charge >= 0.3 is 0 Å². The highest BCUT2D eigenvalue weighted by atomic mass is 32.2. The number of carbonyl (C=O) groups is 1. The predicted octanol–water partition coefficient (Wildman–Crippen LogP) is 4.41. The van der Waals surface area contributed by atoms with E-state index < -0.39 is 0 Å². The van der Waals surface area contributed by atoms with Crippen LogP contribution in [0.25, 0.3) is 16.6 Å². The number of aromatic nitrogens is 2. The number of fused-ring (bicyclic) bond motifs is 1. The molecule has 1 aromatic heterocycles. The van der Waals surface area contributed by atoms with Gasteiger partial charge in [0, 0.05) is 6.54 Å². The van der Waals surface area contributed by atoms with E-state index in [0.29, 0.717) is 29.0 Å². The van der Waals surface area contributed by atoms with Crippen LogP contribution in [-0.2, 0) is 17.6 Å². The van der Waals surface area contributed by atoms with E-state index in [9.17, 15) is 9.59 Å². The molecular weight excluding hydrogens is 446 g/mol. The van der Waals surface area contributed by atoms with Gasteiger partial charge in [0.1, 0.15) is 5.75 Å². The van der Waals surface area contributed by atoms with E-state index in [1.165, 1.54) is 17.3 Å². The first-order valence-electron chi connectivity index (χ1n) is 11.2. The quantitative estimate of drug-likeness (QED) is 0.288. The van der Waals surface area contributed by atoms with Gasteiger partial charge in [0.2, 0.25) is 5.91 Å². The molecule has 1 amide bonds. The van der Waals surface area contributed by atoms with Crippen molar-refractivity contribution in [3.8, 4) is 11.4 Å². The Morgan fingerprint density at radius 1 is 1.03 bits per heavy atom. The highest BCUT2D eigenvalue weighted by Crippen LogP contribution is 2.22. The normalized spacial score (nSPS) is 10.9. The fourth-order valence-electron chi connectivity index (χ4n) is 3.74. The maximum Gasteiger partial charge on any atom is 0.266 e. The molecule has 0 spiro atoms. The van der Waals surface area contributed by atoms with Crippen molar-refractivity contribution in [2.45, 2.75) is 24.9 Å². The average Bonchev–Trinajstić information content (AvgIpc) is 2.88. The van der Waals surface area contributed by atoms with Crippen LogP contribution in [0.2, 0.25) is 0 Å². The molecular formula is C27H27N3O3S. The smallest absolute Gasteiger partial charge is 0.266 e. The van der Waals surface area contributed by atoms with Gasteiger partial charge in [-0.3, -0.25) is 14.2 Å². The number of amides is 1. The van der Waals surface area contributed by atoms with Crippen LogP contribution >= 0.6 is 11.8 Å². The summed E-state index contributed by atoms with van der Waals surface area (Å²) in [5.41, 5.74) is 3.44. The van der Waals surface area contributed by atoms with E-state index in [2.05, 4.69) is 12.2 Å².